The van der Waals surface area contributed by atoms with E-state index in [1.807, 2.05) is 0 Å². The van der Waals surface area contributed by atoms with Crippen molar-refractivity contribution in [3.63, 3.8) is 0 Å². The van der Waals surface area contributed by atoms with Gasteiger partial charge in [0.2, 0.25) is 5.91 Å². The second-order valence-electron chi connectivity index (χ2n) is 6.22. The first-order chi connectivity index (χ1) is 13.4. The second kappa shape index (κ2) is 8.58. The molecule has 1 unspecified atom stereocenters. The van der Waals surface area contributed by atoms with Crippen LogP contribution in [0.25, 0.3) is 0 Å². The van der Waals surface area contributed by atoms with Crippen molar-refractivity contribution in [2.75, 3.05) is 16.0 Å². The van der Waals surface area contributed by atoms with E-state index < -0.39 is 6.04 Å². The molecule has 2 amide bonds. The van der Waals surface area contributed by atoms with Gasteiger partial charge in [0.15, 0.2) is 5.82 Å². The highest BCUT2D eigenvalue weighted by molar-refractivity contribution is 6.30. The van der Waals surface area contributed by atoms with Crippen molar-refractivity contribution in [1.29, 1.82) is 0 Å². The van der Waals surface area contributed by atoms with Crippen molar-refractivity contribution < 1.29 is 14.1 Å². The molecule has 2 aromatic carbocycles. The number of benzene rings is 2. The van der Waals surface area contributed by atoms with E-state index in [9.17, 15) is 9.59 Å². The summed E-state index contributed by atoms with van der Waals surface area (Å²) in [5.41, 5.74) is 1.89. The average Bonchev–Trinajstić information content (AvgIpc) is 3.08. The molecular weight excluding hydrogens is 380 g/mol. The number of carbonyl (C=O) groups is 2. The summed E-state index contributed by atoms with van der Waals surface area (Å²) in [7, 11) is 0. The molecule has 28 heavy (non-hydrogen) atoms. The van der Waals surface area contributed by atoms with Crippen LogP contribution in [0.5, 0.6) is 0 Å². The largest absolute Gasteiger partial charge is 0.374 e. The van der Waals surface area contributed by atoms with E-state index >= 15 is 0 Å². The van der Waals surface area contributed by atoms with Crippen molar-refractivity contribution in [3.8, 4) is 0 Å². The van der Waals surface area contributed by atoms with Gasteiger partial charge in [-0.1, -0.05) is 16.8 Å². The van der Waals surface area contributed by atoms with Gasteiger partial charge in [0, 0.05) is 28.0 Å². The van der Waals surface area contributed by atoms with Gasteiger partial charge in [-0.15, -0.1) is 0 Å². The third kappa shape index (κ3) is 5.11. The van der Waals surface area contributed by atoms with Gasteiger partial charge in [-0.3, -0.25) is 9.59 Å². The fourth-order valence-electron chi connectivity index (χ4n) is 2.43. The van der Waals surface area contributed by atoms with E-state index in [0.29, 0.717) is 27.9 Å². The fraction of sp³-hybridized carbons (Fsp3) is 0.150. The molecule has 1 heterocycles. The monoisotopic (exact) mass is 398 g/mol. The van der Waals surface area contributed by atoms with Crippen LogP contribution in [0.1, 0.15) is 23.0 Å². The highest BCUT2D eigenvalue weighted by atomic mass is 35.5. The van der Waals surface area contributed by atoms with Crippen molar-refractivity contribution in [3.05, 3.63) is 70.9 Å². The Bertz CT molecular complexity index is 968. The van der Waals surface area contributed by atoms with Crippen LogP contribution >= 0.6 is 11.6 Å². The fourth-order valence-corrected chi connectivity index (χ4v) is 2.56. The minimum atomic E-state index is -0.494. The summed E-state index contributed by atoms with van der Waals surface area (Å²) in [6.45, 7) is 3.48. The Morgan fingerprint density at radius 2 is 1.64 bits per heavy atom. The third-order valence-corrected chi connectivity index (χ3v) is 4.16. The number of nitrogens with zero attached hydrogens (tertiary/aromatic N) is 1. The molecule has 0 radical (unpaired) electrons. The number of anilines is 3. The van der Waals surface area contributed by atoms with Gasteiger partial charge in [0.05, 0.1) is 0 Å². The first-order valence-electron chi connectivity index (χ1n) is 8.58. The predicted octanol–water partition coefficient (Wildman–Crippen LogP) is 4.33. The number of hydrogen-bond donors (Lipinski definition) is 3. The van der Waals surface area contributed by atoms with Crippen molar-refractivity contribution in [2.24, 2.45) is 0 Å². The Labute approximate surface area is 167 Å². The zero-order valence-electron chi connectivity index (χ0n) is 15.3. The third-order valence-electron chi connectivity index (χ3n) is 3.90. The molecule has 0 bridgehead atoms. The molecule has 1 aromatic heterocycles. The summed E-state index contributed by atoms with van der Waals surface area (Å²) in [6, 6.07) is 14.8. The van der Waals surface area contributed by atoms with Crippen molar-refractivity contribution in [2.45, 2.75) is 19.9 Å². The van der Waals surface area contributed by atoms with E-state index in [1.165, 1.54) is 0 Å². The lowest BCUT2D eigenvalue weighted by Gasteiger charge is -2.14. The van der Waals surface area contributed by atoms with Gasteiger partial charge in [0.1, 0.15) is 11.8 Å². The van der Waals surface area contributed by atoms with E-state index in [1.54, 1.807) is 68.4 Å². The van der Waals surface area contributed by atoms with Crippen LogP contribution in [0.3, 0.4) is 0 Å². The Kier molecular flexibility index (Phi) is 5.96. The summed E-state index contributed by atoms with van der Waals surface area (Å²) in [5.74, 6) is 0.519. The smallest absolute Gasteiger partial charge is 0.255 e. The van der Waals surface area contributed by atoms with E-state index in [2.05, 4.69) is 21.1 Å². The normalized spacial score (nSPS) is 11.5. The maximum Gasteiger partial charge on any atom is 0.255 e. The molecule has 0 saturated heterocycles. The lowest BCUT2D eigenvalue weighted by Crippen LogP contribution is -2.31. The topological polar surface area (TPSA) is 96.3 Å². The maximum absolute atomic E-state index is 12.2. The Balaban J connectivity index is 1.55. The molecule has 8 heteroatoms. The summed E-state index contributed by atoms with van der Waals surface area (Å²) in [5, 5.41) is 12.9. The van der Waals surface area contributed by atoms with Gasteiger partial charge < -0.3 is 20.5 Å². The molecule has 0 fully saturated rings. The molecular formula is C20H19ClN4O3. The summed E-state index contributed by atoms with van der Waals surface area (Å²) in [6.07, 6.45) is 0. The number of aryl methyl sites for hydroxylation is 1. The van der Waals surface area contributed by atoms with E-state index in [4.69, 9.17) is 16.1 Å². The van der Waals surface area contributed by atoms with Gasteiger partial charge >= 0.3 is 0 Å². The number of aromatic nitrogens is 1. The maximum atomic E-state index is 12.2. The Morgan fingerprint density at radius 3 is 2.25 bits per heavy atom. The molecule has 144 valence electrons. The summed E-state index contributed by atoms with van der Waals surface area (Å²) >= 11 is 5.83. The Hall–Kier alpha value is -3.32. The van der Waals surface area contributed by atoms with Crippen LogP contribution in [-0.2, 0) is 4.79 Å². The molecule has 3 rings (SSSR count). The summed E-state index contributed by atoms with van der Waals surface area (Å²) < 4.78 is 4.92. The van der Waals surface area contributed by atoms with Gasteiger partial charge in [-0.25, -0.2) is 0 Å². The second-order valence-corrected chi connectivity index (χ2v) is 6.65. The van der Waals surface area contributed by atoms with Crippen molar-refractivity contribution in [1.82, 2.24) is 5.16 Å². The highest BCUT2D eigenvalue weighted by Gasteiger charge is 2.14. The van der Waals surface area contributed by atoms with Crippen LogP contribution in [0, 0.1) is 6.92 Å². The van der Waals surface area contributed by atoms with Crippen LogP contribution in [-0.4, -0.2) is 23.0 Å². The number of amides is 2. The van der Waals surface area contributed by atoms with Crippen LogP contribution < -0.4 is 16.0 Å². The number of carbonyl (C=O) groups excluding carboxylic acids is 2. The van der Waals surface area contributed by atoms with Crippen molar-refractivity contribution >= 4 is 40.6 Å². The zero-order valence-corrected chi connectivity index (χ0v) is 16.1. The first-order valence-corrected chi connectivity index (χ1v) is 8.96. The number of hydrogen-bond acceptors (Lipinski definition) is 5. The summed E-state index contributed by atoms with van der Waals surface area (Å²) in [4.78, 5) is 24.4. The minimum Gasteiger partial charge on any atom is -0.374 e. The predicted molar refractivity (Wildman–Crippen MR) is 109 cm³/mol. The van der Waals surface area contributed by atoms with Crippen LogP contribution in [0.2, 0.25) is 5.02 Å². The molecule has 0 aliphatic heterocycles. The van der Waals surface area contributed by atoms with Gasteiger partial charge in [0.25, 0.3) is 5.91 Å². The highest BCUT2D eigenvalue weighted by Crippen LogP contribution is 2.17. The number of rotatable bonds is 6. The molecule has 3 N–H and O–H groups in total. The SMILES string of the molecule is Cc1cc(NC(=O)C(C)Nc2ccc(NC(=O)c3ccc(Cl)cc3)cc2)no1. The quantitative estimate of drug-likeness (QED) is 0.574. The zero-order chi connectivity index (χ0) is 20.1. The van der Waals surface area contributed by atoms with Crippen LogP contribution in [0.15, 0.2) is 59.1 Å². The molecule has 1 atom stereocenters. The Morgan fingerprint density at radius 1 is 1.00 bits per heavy atom. The molecule has 0 spiro atoms. The van der Waals surface area contributed by atoms with Crippen LogP contribution in [0.4, 0.5) is 17.2 Å². The van der Waals surface area contributed by atoms with E-state index in [-0.39, 0.29) is 11.8 Å². The van der Waals surface area contributed by atoms with Gasteiger partial charge in [-0.05, 0) is 62.4 Å². The molecule has 0 aliphatic carbocycles. The standard InChI is InChI=1S/C20H19ClN4O3/c1-12-11-18(25-28-12)24-19(26)13(2)22-16-7-9-17(10-8-16)23-20(27)14-3-5-15(21)6-4-14/h3-11,13,22H,1-2H3,(H,23,27)(H,24,25,26). The first kappa shape index (κ1) is 19.4. The lowest BCUT2D eigenvalue weighted by atomic mass is 10.2. The molecule has 0 aliphatic rings. The lowest BCUT2D eigenvalue weighted by molar-refractivity contribution is -0.116. The number of nitrogens with one attached hydrogen (secondary N) is 3. The average molecular weight is 399 g/mol. The minimum absolute atomic E-state index is 0.229. The molecule has 7 nitrogen and oxygen atoms in total. The number of halogens is 1. The molecule has 3 aromatic rings. The van der Waals surface area contributed by atoms with E-state index in [0.717, 1.165) is 5.69 Å². The van der Waals surface area contributed by atoms with Gasteiger partial charge in [-0.2, -0.15) is 0 Å². The molecule has 0 saturated carbocycles.